The summed E-state index contributed by atoms with van der Waals surface area (Å²) in [5.41, 5.74) is 1.13. The highest BCUT2D eigenvalue weighted by Crippen LogP contribution is 2.40. The third-order valence-electron chi connectivity index (χ3n) is 4.43. The summed E-state index contributed by atoms with van der Waals surface area (Å²) in [6.45, 7) is 3.90. The number of ether oxygens (including phenoxy) is 1. The van der Waals surface area contributed by atoms with E-state index in [0.717, 1.165) is 42.6 Å². The van der Waals surface area contributed by atoms with Gasteiger partial charge in [-0.25, -0.2) is 9.97 Å². The molecule has 0 amide bonds. The Labute approximate surface area is 127 Å². The predicted octanol–water partition coefficient (Wildman–Crippen LogP) is 2.71. The first-order chi connectivity index (χ1) is 10.2. The third kappa shape index (κ3) is 3.28. The first kappa shape index (κ1) is 14.6. The summed E-state index contributed by atoms with van der Waals surface area (Å²) in [5.74, 6) is 3.57. The third-order valence-corrected chi connectivity index (χ3v) is 4.43. The van der Waals surface area contributed by atoms with Gasteiger partial charge in [-0.1, -0.05) is 0 Å². The van der Waals surface area contributed by atoms with Gasteiger partial charge in [0, 0.05) is 38.7 Å². The Morgan fingerprint density at radius 3 is 2.67 bits per heavy atom. The van der Waals surface area contributed by atoms with Crippen LogP contribution in [0.25, 0.3) is 0 Å². The van der Waals surface area contributed by atoms with Crippen LogP contribution in [0.15, 0.2) is 0 Å². The Hall–Kier alpha value is -1.36. The molecule has 1 unspecified atom stereocenters. The number of hydrogen-bond acceptors (Lipinski definition) is 5. The van der Waals surface area contributed by atoms with Crippen LogP contribution in [-0.4, -0.2) is 43.3 Å². The van der Waals surface area contributed by atoms with E-state index < -0.39 is 0 Å². The molecule has 0 radical (unpaired) electrons. The predicted molar refractivity (Wildman–Crippen MR) is 85.2 cm³/mol. The van der Waals surface area contributed by atoms with Crippen molar-refractivity contribution in [2.75, 3.05) is 37.5 Å². The zero-order valence-electron chi connectivity index (χ0n) is 13.4. The van der Waals surface area contributed by atoms with E-state index >= 15 is 0 Å². The molecular weight excluding hydrogens is 264 g/mol. The van der Waals surface area contributed by atoms with Gasteiger partial charge < -0.3 is 15.0 Å². The Morgan fingerprint density at radius 1 is 1.24 bits per heavy atom. The summed E-state index contributed by atoms with van der Waals surface area (Å²) >= 11 is 0. The van der Waals surface area contributed by atoms with Gasteiger partial charge in [-0.15, -0.1) is 0 Å². The Morgan fingerprint density at radius 2 is 2.05 bits per heavy atom. The fourth-order valence-electron chi connectivity index (χ4n) is 3.00. The van der Waals surface area contributed by atoms with Crippen molar-refractivity contribution in [2.24, 2.45) is 0 Å². The van der Waals surface area contributed by atoms with Crippen LogP contribution >= 0.6 is 0 Å². The second kappa shape index (κ2) is 6.18. The van der Waals surface area contributed by atoms with Gasteiger partial charge in [0.05, 0.1) is 6.10 Å². The lowest BCUT2D eigenvalue weighted by atomic mass is 10.1. The summed E-state index contributed by atoms with van der Waals surface area (Å²) in [6.07, 6.45) is 6.41. The molecule has 5 heteroatoms. The van der Waals surface area contributed by atoms with Crippen LogP contribution < -0.4 is 10.2 Å². The van der Waals surface area contributed by atoms with E-state index in [0.29, 0.717) is 12.0 Å². The van der Waals surface area contributed by atoms with Gasteiger partial charge in [0.15, 0.2) is 0 Å². The van der Waals surface area contributed by atoms with Crippen LogP contribution in [-0.2, 0) is 4.74 Å². The summed E-state index contributed by atoms with van der Waals surface area (Å²) < 4.78 is 5.86. The van der Waals surface area contributed by atoms with E-state index in [-0.39, 0.29) is 0 Å². The molecule has 5 nitrogen and oxygen atoms in total. The number of rotatable bonds is 5. The molecule has 1 atom stereocenters. The largest absolute Gasteiger partial charge is 0.376 e. The Bertz CT molecular complexity index is 495. The average molecular weight is 290 g/mol. The van der Waals surface area contributed by atoms with Gasteiger partial charge in [-0.2, -0.15) is 0 Å². The molecule has 1 aromatic heterocycles. The van der Waals surface area contributed by atoms with Crippen molar-refractivity contribution < 1.29 is 4.74 Å². The van der Waals surface area contributed by atoms with E-state index in [2.05, 4.69) is 29.2 Å². The van der Waals surface area contributed by atoms with Gasteiger partial charge in [0.1, 0.15) is 17.5 Å². The smallest absolute Gasteiger partial charge is 0.137 e. The number of hydrogen-bond donors (Lipinski definition) is 1. The zero-order valence-corrected chi connectivity index (χ0v) is 13.4. The van der Waals surface area contributed by atoms with Gasteiger partial charge in [-0.05, 0) is 39.0 Å². The van der Waals surface area contributed by atoms with Crippen LogP contribution in [0.2, 0.25) is 0 Å². The zero-order chi connectivity index (χ0) is 14.8. The van der Waals surface area contributed by atoms with Crippen LogP contribution in [0.3, 0.4) is 0 Å². The molecule has 0 bridgehead atoms. The molecule has 3 rings (SSSR count). The minimum Gasteiger partial charge on any atom is -0.376 e. The number of aromatic nitrogens is 2. The van der Waals surface area contributed by atoms with Crippen molar-refractivity contribution in [1.29, 1.82) is 0 Å². The van der Waals surface area contributed by atoms with Crippen LogP contribution in [0.5, 0.6) is 0 Å². The van der Waals surface area contributed by atoms with Gasteiger partial charge in [0.25, 0.3) is 0 Å². The first-order valence-corrected chi connectivity index (χ1v) is 8.08. The lowest BCUT2D eigenvalue weighted by Gasteiger charge is -2.29. The maximum absolute atomic E-state index is 5.86. The Balaban J connectivity index is 1.79. The van der Waals surface area contributed by atoms with Gasteiger partial charge in [-0.3, -0.25) is 0 Å². The minimum atomic E-state index is 0.334. The first-order valence-electron chi connectivity index (χ1n) is 8.08. The summed E-state index contributed by atoms with van der Waals surface area (Å²) in [6, 6.07) is 0. The number of anilines is 2. The summed E-state index contributed by atoms with van der Waals surface area (Å²) in [7, 11) is 4.05. The average Bonchev–Trinajstić information content (AvgIpc) is 3.33. The summed E-state index contributed by atoms with van der Waals surface area (Å²) in [5, 5.41) is 3.21. The molecular formula is C16H26N4O. The van der Waals surface area contributed by atoms with Crippen molar-refractivity contribution in [2.45, 2.75) is 51.0 Å². The molecule has 2 aliphatic rings. The molecule has 1 saturated carbocycles. The quantitative estimate of drug-likeness (QED) is 0.903. The molecule has 1 aliphatic heterocycles. The normalized spacial score (nSPS) is 22.1. The monoisotopic (exact) mass is 290 g/mol. The molecule has 1 aromatic rings. The molecule has 2 heterocycles. The van der Waals surface area contributed by atoms with Gasteiger partial charge >= 0.3 is 0 Å². The van der Waals surface area contributed by atoms with E-state index in [9.17, 15) is 0 Å². The van der Waals surface area contributed by atoms with Crippen LogP contribution in [0.1, 0.15) is 49.4 Å². The highest BCUT2D eigenvalue weighted by Gasteiger charge is 2.29. The van der Waals surface area contributed by atoms with Gasteiger partial charge in [0.2, 0.25) is 0 Å². The standard InChI is InChI=1S/C16H26N4O/c1-11-14(17-2)18-15(12-7-8-12)19-16(11)20(3)10-13-6-4-5-9-21-13/h12-13H,4-10H2,1-3H3,(H,17,18,19). The highest BCUT2D eigenvalue weighted by molar-refractivity contribution is 5.58. The maximum atomic E-state index is 5.86. The molecule has 1 aliphatic carbocycles. The van der Waals surface area contributed by atoms with Crippen molar-refractivity contribution in [3.8, 4) is 0 Å². The van der Waals surface area contributed by atoms with E-state index in [1.807, 2.05) is 7.05 Å². The lowest BCUT2D eigenvalue weighted by molar-refractivity contribution is 0.0215. The molecule has 0 aromatic carbocycles. The van der Waals surface area contributed by atoms with E-state index in [4.69, 9.17) is 9.72 Å². The van der Waals surface area contributed by atoms with Crippen molar-refractivity contribution in [3.05, 3.63) is 11.4 Å². The molecule has 2 fully saturated rings. The number of likely N-dealkylation sites (N-methyl/N-ethyl adjacent to an activating group) is 1. The molecule has 116 valence electrons. The molecule has 1 saturated heterocycles. The second-order valence-electron chi connectivity index (χ2n) is 6.27. The van der Waals surface area contributed by atoms with E-state index in [1.54, 1.807) is 0 Å². The van der Waals surface area contributed by atoms with Crippen molar-refractivity contribution in [1.82, 2.24) is 9.97 Å². The molecule has 21 heavy (non-hydrogen) atoms. The SMILES string of the molecule is CNc1nc(C2CC2)nc(N(C)CC2CCCCO2)c1C. The second-order valence-corrected chi connectivity index (χ2v) is 6.27. The summed E-state index contributed by atoms with van der Waals surface area (Å²) in [4.78, 5) is 11.7. The van der Waals surface area contributed by atoms with Crippen molar-refractivity contribution >= 4 is 11.6 Å². The number of nitrogens with one attached hydrogen (secondary N) is 1. The van der Waals surface area contributed by atoms with Crippen LogP contribution in [0.4, 0.5) is 11.6 Å². The van der Waals surface area contributed by atoms with Crippen LogP contribution in [0, 0.1) is 6.92 Å². The molecule has 0 spiro atoms. The molecule has 1 N–H and O–H groups in total. The Kier molecular flexibility index (Phi) is 4.29. The minimum absolute atomic E-state index is 0.334. The fourth-order valence-corrected chi connectivity index (χ4v) is 3.00. The van der Waals surface area contributed by atoms with Crippen molar-refractivity contribution in [3.63, 3.8) is 0 Å². The topological polar surface area (TPSA) is 50.3 Å². The fraction of sp³-hybridized carbons (Fsp3) is 0.750. The highest BCUT2D eigenvalue weighted by atomic mass is 16.5. The maximum Gasteiger partial charge on any atom is 0.137 e. The lowest BCUT2D eigenvalue weighted by Crippen LogP contribution is -2.34. The van der Waals surface area contributed by atoms with E-state index in [1.165, 1.54) is 25.7 Å². The number of nitrogens with zero attached hydrogens (tertiary/aromatic N) is 3.